The molecule has 19 heavy (non-hydrogen) atoms. The molecular formula is C15H20N2OS. The highest BCUT2D eigenvalue weighted by Crippen LogP contribution is 2.29. The second-order valence-electron chi connectivity index (χ2n) is 5.53. The summed E-state index contributed by atoms with van der Waals surface area (Å²) >= 11 is 1.82. The van der Waals surface area contributed by atoms with Crippen LogP contribution in [0.2, 0.25) is 0 Å². The highest BCUT2D eigenvalue weighted by Gasteiger charge is 2.31. The van der Waals surface area contributed by atoms with Crippen LogP contribution in [0, 0.1) is 0 Å². The molecule has 2 heterocycles. The van der Waals surface area contributed by atoms with Crippen LogP contribution in [0.25, 0.3) is 0 Å². The molecule has 1 fully saturated rings. The van der Waals surface area contributed by atoms with Crippen LogP contribution in [0.3, 0.4) is 0 Å². The van der Waals surface area contributed by atoms with Crippen molar-refractivity contribution in [1.29, 1.82) is 0 Å². The molecule has 2 atom stereocenters. The number of fused-ring (bicyclic) bond motifs is 1. The van der Waals surface area contributed by atoms with Crippen molar-refractivity contribution in [3.8, 4) is 5.75 Å². The summed E-state index contributed by atoms with van der Waals surface area (Å²) in [7, 11) is 0. The van der Waals surface area contributed by atoms with Gasteiger partial charge in [-0.05, 0) is 25.0 Å². The lowest BCUT2D eigenvalue weighted by Crippen LogP contribution is -2.39. The summed E-state index contributed by atoms with van der Waals surface area (Å²) < 4.78 is 5.90. The molecule has 2 unspecified atom stereocenters. The van der Waals surface area contributed by atoms with Gasteiger partial charge >= 0.3 is 0 Å². The van der Waals surface area contributed by atoms with Gasteiger partial charge in [-0.1, -0.05) is 36.9 Å². The van der Waals surface area contributed by atoms with Crippen LogP contribution in [0.4, 0.5) is 0 Å². The normalized spacial score (nSPS) is 31.1. The van der Waals surface area contributed by atoms with Crippen LogP contribution < -0.4 is 10.1 Å². The number of ether oxygens (including phenoxy) is 1. The van der Waals surface area contributed by atoms with E-state index >= 15 is 0 Å². The number of nitrogens with zero attached hydrogens (tertiary/aromatic N) is 1. The molecule has 0 bridgehead atoms. The Morgan fingerprint density at radius 2 is 2.32 bits per heavy atom. The Bertz CT molecular complexity index is 478. The molecule has 3 nitrogen and oxygen atoms in total. The second kappa shape index (κ2) is 5.08. The summed E-state index contributed by atoms with van der Waals surface area (Å²) in [6.07, 6.45) is 2.30. The van der Waals surface area contributed by atoms with Crippen molar-refractivity contribution in [3.63, 3.8) is 0 Å². The smallest absolute Gasteiger partial charge is 0.157 e. The van der Waals surface area contributed by atoms with E-state index in [1.54, 1.807) is 0 Å². The average Bonchev–Trinajstić information content (AvgIpc) is 3.00. The van der Waals surface area contributed by atoms with E-state index in [4.69, 9.17) is 4.74 Å². The number of hydrogen-bond acceptors (Lipinski definition) is 3. The molecule has 2 aliphatic heterocycles. The molecule has 2 aliphatic rings. The van der Waals surface area contributed by atoms with E-state index in [0.29, 0.717) is 0 Å². The first kappa shape index (κ1) is 12.9. The Morgan fingerprint density at radius 1 is 1.47 bits per heavy atom. The topological polar surface area (TPSA) is 33.6 Å². The third-order valence-corrected chi connectivity index (χ3v) is 5.15. The lowest BCUT2D eigenvalue weighted by atomic mass is 10.0. The molecule has 0 amide bonds. The van der Waals surface area contributed by atoms with E-state index < -0.39 is 0 Å². The summed E-state index contributed by atoms with van der Waals surface area (Å²) in [6, 6.07) is 8.27. The molecular weight excluding hydrogens is 256 g/mol. The number of rotatable bonds is 3. The Hall–Kier alpha value is -1.16. The zero-order chi connectivity index (χ0) is 13.3. The third-order valence-electron chi connectivity index (χ3n) is 3.87. The van der Waals surface area contributed by atoms with E-state index in [1.807, 2.05) is 23.9 Å². The molecule has 1 saturated heterocycles. The second-order valence-corrected chi connectivity index (χ2v) is 6.49. The molecule has 0 aliphatic carbocycles. The van der Waals surface area contributed by atoms with Gasteiger partial charge in [0.25, 0.3) is 0 Å². The molecule has 0 aromatic heterocycles. The molecule has 0 spiro atoms. The fourth-order valence-electron chi connectivity index (χ4n) is 2.37. The summed E-state index contributed by atoms with van der Waals surface area (Å²) in [6.45, 7) is 5.21. The van der Waals surface area contributed by atoms with Gasteiger partial charge in [-0.15, -0.1) is 0 Å². The minimum absolute atomic E-state index is 0.195. The van der Waals surface area contributed by atoms with Crippen LogP contribution in [0.1, 0.15) is 25.8 Å². The number of nitrogens with one attached hydrogen (secondary N) is 1. The Kier molecular flexibility index (Phi) is 3.44. The highest BCUT2D eigenvalue weighted by molar-refractivity contribution is 8.14. The van der Waals surface area contributed by atoms with Crippen molar-refractivity contribution in [2.75, 3.05) is 12.3 Å². The summed E-state index contributed by atoms with van der Waals surface area (Å²) in [5.41, 5.74) is 1.52. The number of benzene rings is 1. The molecule has 1 N–H and O–H groups in total. The van der Waals surface area contributed by atoms with Crippen LogP contribution >= 0.6 is 11.8 Å². The minimum Gasteiger partial charge on any atom is -0.488 e. The van der Waals surface area contributed by atoms with Gasteiger partial charge in [-0.2, -0.15) is 0 Å². The molecule has 1 aromatic carbocycles. The minimum atomic E-state index is 0.195. The molecule has 3 rings (SSSR count). The van der Waals surface area contributed by atoms with Gasteiger partial charge in [0.05, 0.1) is 6.54 Å². The maximum Gasteiger partial charge on any atom is 0.157 e. The van der Waals surface area contributed by atoms with Crippen molar-refractivity contribution in [1.82, 2.24) is 5.32 Å². The fraction of sp³-hybridized carbons (Fsp3) is 0.533. The number of hydrogen-bond donors (Lipinski definition) is 1. The van der Waals surface area contributed by atoms with Crippen LogP contribution in [-0.2, 0) is 6.42 Å². The fourth-order valence-corrected chi connectivity index (χ4v) is 3.59. The standard InChI is InChI=1S/C15H20N2OS/c1-3-15(2)10-19-14(17-15)16-9-12-8-11-6-4-5-7-13(11)18-12/h4-7,12H,3,8-10H2,1-2H3,(H,16,17). The number of amidine groups is 1. The van der Waals surface area contributed by atoms with E-state index in [9.17, 15) is 0 Å². The highest BCUT2D eigenvalue weighted by atomic mass is 32.2. The van der Waals surface area contributed by atoms with Gasteiger partial charge < -0.3 is 10.1 Å². The van der Waals surface area contributed by atoms with Crippen LogP contribution in [0.15, 0.2) is 29.3 Å². The molecule has 0 saturated carbocycles. The van der Waals surface area contributed by atoms with Gasteiger partial charge in [0.1, 0.15) is 11.9 Å². The van der Waals surface area contributed by atoms with E-state index in [-0.39, 0.29) is 11.6 Å². The average molecular weight is 276 g/mol. The zero-order valence-electron chi connectivity index (χ0n) is 11.5. The number of para-hydroxylation sites is 1. The lowest BCUT2D eigenvalue weighted by Gasteiger charge is -2.20. The van der Waals surface area contributed by atoms with Gasteiger partial charge in [-0.3, -0.25) is 4.99 Å². The Morgan fingerprint density at radius 3 is 3.05 bits per heavy atom. The van der Waals surface area contributed by atoms with Gasteiger partial charge in [0.15, 0.2) is 5.17 Å². The van der Waals surface area contributed by atoms with Crippen molar-refractivity contribution >= 4 is 16.9 Å². The van der Waals surface area contributed by atoms with Gasteiger partial charge in [0, 0.05) is 17.7 Å². The first-order chi connectivity index (χ1) is 9.18. The molecule has 1 aromatic rings. The monoisotopic (exact) mass is 276 g/mol. The Labute approximate surface area is 118 Å². The van der Waals surface area contributed by atoms with Crippen molar-refractivity contribution in [2.24, 2.45) is 4.99 Å². The predicted octanol–water partition coefficient (Wildman–Crippen LogP) is 2.85. The number of thioether (sulfide) groups is 1. The Balaban J connectivity index is 1.58. The maximum absolute atomic E-state index is 5.90. The van der Waals surface area contributed by atoms with E-state index in [2.05, 4.69) is 36.3 Å². The SMILES string of the molecule is CCC1(C)CSC(=NCC2Cc3ccccc3O2)N1. The van der Waals surface area contributed by atoms with Gasteiger partial charge in [-0.25, -0.2) is 0 Å². The van der Waals surface area contributed by atoms with Crippen molar-refractivity contribution in [3.05, 3.63) is 29.8 Å². The predicted molar refractivity (Wildman–Crippen MR) is 81.2 cm³/mol. The summed E-state index contributed by atoms with van der Waals surface area (Å²) in [5, 5.41) is 4.59. The molecule has 102 valence electrons. The third kappa shape index (κ3) is 2.73. The van der Waals surface area contributed by atoms with E-state index in [0.717, 1.165) is 36.1 Å². The first-order valence-electron chi connectivity index (χ1n) is 6.88. The number of aliphatic imine (C=N–C) groups is 1. The van der Waals surface area contributed by atoms with Crippen molar-refractivity contribution in [2.45, 2.75) is 38.3 Å². The summed E-state index contributed by atoms with van der Waals surface area (Å²) in [4.78, 5) is 4.68. The van der Waals surface area contributed by atoms with E-state index in [1.165, 1.54) is 5.56 Å². The van der Waals surface area contributed by atoms with Crippen LogP contribution in [0.5, 0.6) is 5.75 Å². The van der Waals surface area contributed by atoms with Gasteiger partial charge in [0.2, 0.25) is 0 Å². The maximum atomic E-state index is 5.90. The molecule has 4 heteroatoms. The zero-order valence-corrected chi connectivity index (χ0v) is 12.3. The van der Waals surface area contributed by atoms with Crippen LogP contribution in [-0.4, -0.2) is 29.1 Å². The first-order valence-corrected chi connectivity index (χ1v) is 7.87. The molecule has 0 radical (unpaired) electrons. The summed E-state index contributed by atoms with van der Waals surface area (Å²) in [5.74, 6) is 2.13. The quantitative estimate of drug-likeness (QED) is 0.921. The largest absolute Gasteiger partial charge is 0.488 e. The van der Waals surface area contributed by atoms with Crippen molar-refractivity contribution < 1.29 is 4.74 Å². The lowest BCUT2D eigenvalue weighted by molar-refractivity contribution is 0.242.